The molecule has 1 aliphatic rings. The molecular weight excluding hydrogens is 251 g/mol. The first-order valence-electron chi connectivity index (χ1n) is 5.95. The number of nitrogens with zero attached hydrogens (tertiary/aromatic N) is 2. The van der Waals surface area contributed by atoms with Crippen molar-refractivity contribution in [1.82, 2.24) is 9.80 Å². The molecule has 0 saturated carbocycles. The third-order valence-electron chi connectivity index (χ3n) is 3.05. The van der Waals surface area contributed by atoms with E-state index in [-0.39, 0.29) is 11.7 Å². The Kier molecular flexibility index (Phi) is 3.91. The van der Waals surface area contributed by atoms with Crippen LogP contribution < -0.4 is 0 Å². The van der Waals surface area contributed by atoms with Crippen molar-refractivity contribution >= 4 is 23.2 Å². The molecule has 96 valence electrons. The van der Waals surface area contributed by atoms with Crippen LogP contribution in [0, 0.1) is 5.82 Å². The van der Waals surface area contributed by atoms with E-state index in [1.54, 1.807) is 17.0 Å². The van der Waals surface area contributed by atoms with Gasteiger partial charge in [0.05, 0.1) is 6.54 Å². The lowest BCUT2D eigenvalue weighted by atomic mass is 10.1. The summed E-state index contributed by atoms with van der Waals surface area (Å²) in [6.45, 7) is 3.65. The summed E-state index contributed by atoms with van der Waals surface area (Å²) in [7, 11) is 0. The lowest BCUT2D eigenvalue weighted by Gasteiger charge is -2.18. The average molecular weight is 266 g/mol. The van der Waals surface area contributed by atoms with E-state index in [4.69, 9.17) is 12.2 Å². The predicted octanol–water partition coefficient (Wildman–Crippen LogP) is 1.82. The van der Waals surface area contributed by atoms with Crippen LogP contribution >= 0.6 is 12.2 Å². The number of halogens is 1. The van der Waals surface area contributed by atoms with Gasteiger partial charge in [0.2, 0.25) is 5.91 Å². The number of carbonyl (C=O) groups excluding carboxylic acids is 1. The highest BCUT2D eigenvalue weighted by molar-refractivity contribution is 7.80. The summed E-state index contributed by atoms with van der Waals surface area (Å²) < 4.78 is 12.8. The van der Waals surface area contributed by atoms with Crippen molar-refractivity contribution in [2.24, 2.45) is 0 Å². The maximum atomic E-state index is 12.8. The highest BCUT2D eigenvalue weighted by atomic mass is 32.1. The highest BCUT2D eigenvalue weighted by Gasteiger charge is 2.30. The molecule has 0 radical (unpaired) electrons. The molecular formula is C13H15FN2OS. The van der Waals surface area contributed by atoms with Crippen molar-refractivity contribution in [3.63, 3.8) is 0 Å². The first-order chi connectivity index (χ1) is 8.61. The van der Waals surface area contributed by atoms with Crippen LogP contribution in [0.3, 0.4) is 0 Å². The predicted molar refractivity (Wildman–Crippen MR) is 71.7 cm³/mol. The molecule has 5 heteroatoms. The minimum absolute atomic E-state index is 0.0453. The van der Waals surface area contributed by atoms with Crippen molar-refractivity contribution in [3.8, 4) is 0 Å². The number of amides is 1. The summed E-state index contributed by atoms with van der Waals surface area (Å²) >= 11 is 5.25. The zero-order chi connectivity index (χ0) is 13.1. The SMILES string of the molecule is CCN1CC(=O)N(CCc2ccc(F)cc2)C1=S. The van der Waals surface area contributed by atoms with E-state index in [0.717, 1.165) is 12.1 Å². The molecule has 18 heavy (non-hydrogen) atoms. The maximum absolute atomic E-state index is 12.8. The highest BCUT2D eigenvalue weighted by Crippen LogP contribution is 2.12. The Morgan fingerprint density at radius 2 is 2.00 bits per heavy atom. The van der Waals surface area contributed by atoms with Gasteiger partial charge in [-0.2, -0.15) is 0 Å². The number of carbonyl (C=O) groups is 1. The van der Waals surface area contributed by atoms with Crippen LogP contribution in [0.5, 0.6) is 0 Å². The van der Waals surface area contributed by atoms with E-state index in [9.17, 15) is 9.18 Å². The topological polar surface area (TPSA) is 23.6 Å². The quantitative estimate of drug-likeness (QED) is 0.777. The molecule has 1 aromatic rings. The number of hydrogen-bond donors (Lipinski definition) is 0. The van der Waals surface area contributed by atoms with E-state index in [2.05, 4.69) is 0 Å². The molecule has 1 aromatic carbocycles. The first kappa shape index (κ1) is 13.0. The summed E-state index contributed by atoms with van der Waals surface area (Å²) in [5.41, 5.74) is 1.00. The second-order valence-electron chi connectivity index (χ2n) is 4.22. The van der Waals surface area contributed by atoms with Crippen LogP contribution in [-0.4, -0.2) is 40.5 Å². The Bertz CT molecular complexity index is 461. The van der Waals surface area contributed by atoms with Gasteiger partial charge in [0.25, 0.3) is 0 Å². The normalized spacial score (nSPS) is 15.7. The molecule has 0 N–H and O–H groups in total. The fourth-order valence-corrected chi connectivity index (χ4v) is 2.34. The van der Waals surface area contributed by atoms with Gasteiger partial charge in [-0.05, 0) is 43.3 Å². The van der Waals surface area contributed by atoms with Crippen molar-refractivity contribution in [3.05, 3.63) is 35.6 Å². The Hall–Kier alpha value is -1.49. The van der Waals surface area contributed by atoms with Crippen molar-refractivity contribution in [2.45, 2.75) is 13.3 Å². The van der Waals surface area contributed by atoms with Crippen LogP contribution in [0.15, 0.2) is 24.3 Å². The van der Waals surface area contributed by atoms with E-state index in [1.807, 2.05) is 11.8 Å². The van der Waals surface area contributed by atoms with Crippen molar-refractivity contribution < 1.29 is 9.18 Å². The zero-order valence-electron chi connectivity index (χ0n) is 10.2. The Balaban J connectivity index is 1.96. The van der Waals surface area contributed by atoms with Gasteiger partial charge in [0.15, 0.2) is 5.11 Å². The van der Waals surface area contributed by atoms with Crippen LogP contribution in [-0.2, 0) is 11.2 Å². The Labute approximate surface area is 111 Å². The fourth-order valence-electron chi connectivity index (χ4n) is 1.95. The van der Waals surface area contributed by atoms with Crippen LogP contribution in [0.4, 0.5) is 4.39 Å². The first-order valence-corrected chi connectivity index (χ1v) is 6.36. The summed E-state index contributed by atoms with van der Waals surface area (Å²) in [5.74, 6) is -0.201. The molecule has 1 fully saturated rings. The van der Waals surface area contributed by atoms with E-state index < -0.39 is 0 Å². The third-order valence-corrected chi connectivity index (χ3v) is 3.53. The minimum atomic E-state index is -0.247. The van der Waals surface area contributed by atoms with Crippen molar-refractivity contribution in [2.75, 3.05) is 19.6 Å². The number of thiocarbonyl (C=S) groups is 1. The molecule has 0 unspecified atom stereocenters. The molecule has 1 aliphatic heterocycles. The lowest BCUT2D eigenvalue weighted by Crippen LogP contribution is -2.34. The zero-order valence-corrected chi connectivity index (χ0v) is 11.0. The van der Waals surface area contributed by atoms with Gasteiger partial charge in [-0.15, -0.1) is 0 Å². The molecule has 1 saturated heterocycles. The fraction of sp³-hybridized carbons (Fsp3) is 0.385. The second kappa shape index (κ2) is 5.44. The Morgan fingerprint density at radius 3 is 2.56 bits per heavy atom. The summed E-state index contributed by atoms with van der Waals surface area (Å²) in [6, 6.07) is 6.32. The average Bonchev–Trinajstić information content (AvgIpc) is 2.64. The molecule has 0 aromatic heterocycles. The molecule has 1 amide bonds. The molecule has 0 aliphatic carbocycles. The van der Waals surface area contributed by atoms with Crippen LogP contribution in [0.1, 0.15) is 12.5 Å². The molecule has 1 heterocycles. The number of hydrogen-bond acceptors (Lipinski definition) is 2. The van der Waals surface area contributed by atoms with Gasteiger partial charge in [0.1, 0.15) is 5.82 Å². The van der Waals surface area contributed by atoms with Gasteiger partial charge in [-0.25, -0.2) is 4.39 Å². The smallest absolute Gasteiger partial charge is 0.248 e. The lowest BCUT2D eigenvalue weighted by molar-refractivity contribution is -0.125. The number of benzene rings is 1. The maximum Gasteiger partial charge on any atom is 0.248 e. The number of rotatable bonds is 4. The third kappa shape index (κ3) is 2.67. The molecule has 3 nitrogen and oxygen atoms in total. The minimum Gasteiger partial charge on any atom is -0.340 e. The van der Waals surface area contributed by atoms with E-state index in [0.29, 0.717) is 24.6 Å². The Morgan fingerprint density at radius 1 is 1.33 bits per heavy atom. The summed E-state index contributed by atoms with van der Waals surface area (Å²) in [6.07, 6.45) is 0.684. The second-order valence-corrected chi connectivity index (χ2v) is 4.58. The van der Waals surface area contributed by atoms with Crippen LogP contribution in [0.25, 0.3) is 0 Å². The van der Waals surface area contributed by atoms with Gasteiger partial charge in [0, 0.05) is 13.1 Å². The van der Waals surface area contributed by atoms with Gasteiger partial charge >= 0.3 is 0 Å². The molecule has 2 rings (SSSR count). The molecule has 0 bridgehead atoms. The van der Waals surface area contributed by atoms with Crippen LogP contribution in [0.2, 0.25) is 0 Å². The van der Waals surface area contributed by atoms with Crippen molar-refractivity contribution in [1.29, 1.82) is 0 Å². The van der Waals surface area contributed by atoms with Gasteiger partial charge < -0.3 is 4.90 Å². The summed E-state index contributed by atoms with van der Waals surface area (Å²) in [5, 5.41) is 0.601. The van der Waals surface area contributed by atoms with Gasteiger partial charge in [-0.1, -0.05) is 12.1 Å². The van der Waals surface area contributed by atoms with Gasteiger partial charge in [-0.3, -0.25) is 9.69 Å². The summed E-state index contributed by atoms with van der Waals surface area (Å²) in [4.78, 5) is 15.3. The van der Waals surface area contributed by atoms with E-state index >= 15 is 0 Å². The molecule has 0 spiro atoms. The monoisotopic (exact) mass is 266 g/mol. The standard InChI is InChI=1S/C13H15FN2OS/c1-2-15-9-12(17)16(13(15)18)8-7-10-3-5-11(14)6-4-10/h3-6H,2,7-9H2,1H3. The largest absolute Gasteiger partial charge is 0.340 e. The molecule has 0 atom stereocenters. The van der Waals surface area contributed by atoms with E-state index in [1.165, 1.54) is 12.1 Å². The number of likely N-dealkylation sites (N-methyl/N-ethyl adjacent to an activating group) is 1.